The van der Waals surface area contributed by atoms with Crippen LogP contribution in [-0.2, 0) is 10.0 Å². The van der Waals surface area contributed by atoms with Crippen LogP contribution in [0.15, 0.2) is 71.6 Å². The number of hydrogen-bond donors (Lipinski definition) is 2. The van der Waals surface area contributed by atoms with Crippen molar-refractivity contribution < 1.29 is 27.9 Å². The number of anilines is 2. The van der Waals surface area contributed by atoms with E-state index in [4.69, 9.17) is 4.74 Å². The van der Waals surface area contributed by atoms with Gasteiger partial charge in [0.2, 0.25) is 0 Å². The molecule has 160 valence electrons. The van der Waals surface area contributed by atoms with Crippen molar-refractivity contribution in [3.63, 3.8) is 0 Å². The van der Waals surface area contributed by atoms with E-state index in [0.717, 1.165) is 0 Å². The van der Waals surface area contributed by atoms with Gasteiger partial charge < -0.3 is 20.0 Å². The minimum absolute atomic E-state index is 0.0499. The van der Waals surface area contributed by atoms with Crippen molar-refractivity contribution >= 4 is 33.3 Å². The molecule has 3 rings (SSSR count). The summed E-state index contributed by atoms with van der Waals surface area (Å²) in [4.78, 5) is 23.8. The summed E-state index contributed by atoms with van der Waals surface area (Å²) in [5, 5.41) is 13.7. The van der Waals surface area contributed by atoms with Gasteiger partial charge in [0.15, 0.2) is 0 Å². The van der Waals surface area contributed by atoms with E-state index in [0.29, 0.717) is 17.0 Å². The van der Waals surface area contributed by atoms with Gasteiger partial charge in [0.05, 0.1) is 23.7 Å². The van der Waals surface area contributed by atoms with E-state index in [1.807, 2.05) is 0 Å². The molecule has 0 fully saturated rings. The number of aromatic carboxylic acids is 1. The topological polar surface area (TPSA) is 125 Å². The lowest BCUT2D eigenvalue weighted by Crippen LogP contribution is -2.25. The van der Waals surface area contributed by atoms with E-state index in [9.17, 15) is 23.1 Å². The summed E-state index contributed by atoms with van der Waals surface area (Å²) in [6.45, 7) is 1.61. The Morgan fingerprint density at radius 3 is 2.29 bits per heavy atom. The Morgan fingerprint density at radius 1 is 0.968 bits per heavy atom. The summed E-state index contributed by atoms with van der Waals surface area (Å²) >= 11 is 0. The number of benzene rings is 3. The fourth-order valence-corrected chi connectivity index (χ4v) is 4.20. The number of carboxylic acid groups (broad SMARTS) is 1. The standard InChI is InChI=1S/C22H20N2O6S/c1-14-7-8-15(21(25)23-19-6-4-3-5-18(19)22(26)27)13-20(14)31(28,29)24-16-9-11-17(30-2)12-10-16/h3-13,24H,1-2H3,(H,23,25)(H,26,27)/p-1. The van der Waals surface area contributed by atoms with E-state index in [2.05, 4.69) is 10.0 Å². The zero-order valence-electron chi connectivity index (χ0n) is 16.7. The maximum atomic E-state index is 12.9. The highest BCUT2D eigenvalue weighted by Crippen LogP contribution is 2.23. The average molecular weight is 439 g/mol. The van der Waals surface area contributed by atoms with Crippen LogP contribution in [0.25, 0.3) is 0 Å². The van der Waals surface area contributed by atoms with Crippen molar-refractivity contribution in [2.75, 3.05) is 17.1 Å². The molecule has 0 saturated heterocycles. The highest BCUT2D eigenvalue weighted by molar-refractivity contribution is 7.92. The fraction of sp³-hybridized carbons (Fsp3) is 0.0909. The molecule has 2 N–H and O–H groups in total. The molecule has 0 saturated carbocycles. The first-order chi connectivity index (χ1) is 14.7. The molecule has 0 spiro atoms. The molecule has 0 bridgehead atoms. The number of carbonyl (C=O) groups is 2. The van der Waals surface area contributed by atoms with Gasteiger partial charge >= 0.3 is 0 Å². The Balaban J connectivity index is 1.88. The first-order valence-corrected chi connectivity index (χ1v) is 10.6. The monoisotopic (exact) mass is 439 g/mol. The molecule has 0 radical (unpaired) electrons. The minimum Gasteiger partial charge on any atom is -0.545 e. The van der Waals surface area contributed by atoms with Crippen LogP contribution in [0.4, 0.5) is 11.4 Å². The van der Waals surface area contributed by atoms with Crippen LogP contribution >= 0.6 is 0 Å². The lowest BCUT2D eigenvalue weighted by Gasteiger charge is -2.14. The van der Waals surface area contributed by atoms with Crippen molar-refractivity contribution in [3.8, 4) is 5.75 Å². The Kier molecular flexibility index (Phi) is 6.26. The maximum Gasteiger partial charge on any atom is 0.262 e. The minimum atomic E-state index is -3.99. The highest BCUT2D eigenvalue weighted by Gasteiger charge is 2.20. The van der Waals surface area contributed by atoms with Gasteiger partial charge in [0.25, 0.3) is 15.9 Å². The van der Waals surface area contributed by atoms with E-state index in [1.54, 1.807) is 37.3 Å². The molecule has 31 heavy (non-hydrogen) atoms. The molecular formula is C22H19N2O6S-. The van der Waals surface area contributed by atoms with Crippen LogP contribution in [0.3, 0.4) is 0 Å². The van der Waals surface area contributed by atoms with E-state index in [-0.39, 0.29) is 21.7 Å². The molecule has 0 aromatic heterocycles. The zero-order chi connectivity index (χ0) is 22.6. The zero-order valence-corrected chi connectivity index (χ0v) is 17.5. The third-order valence-electron chi connectivity index (χ3n) is 4.48. The lowest BCUT2D eigenvalue weighted by molar-refractivity contribution is -0.254. The lowest BCUT2D eigenvalue weighted by atomic mass is 10.1. The molecule has 3 aromatic carbocycles. The molecule has 3 aromatic rings. The highest BCUT2D eigenvalue weighted by atomic mass is 32.2. The van der Waals surface area contributed by atoms with E-state index in [1.165, 1.54) is 43.5 Å². The van der Waals surface area contributed by atoms with Crippen LogP contribution < -0.4 is 19.9 Å². The maximum absolute atomic E-state index is 12.9. The molecule has 8 nitrogen and oxygen atoms in total. The molecule has 0 heterocycles. The number of carboxylic acids is 1. The number of nitrogens with one attached hydrogen (secondary N) is 2. The summed E-state index contributed by atoms with van der Waals surface area (Å²) < 4.78 is 33.3. The smallest absolute Gasteiger partial charge is 0.262 e. The van der Waals surface area contributed by atoms with Gasteiger partial charge in [-0.3, -0.25) is 9.52 Å². The van der Waals surface area contributed by atoms with Crippen LogP contribution in [0.2, 0.25) is 0 Å². The second kappa shape index (κ2) is 8.88. The quantitative estimate of drug-likeness (QED) is 0.583. The molecule has 9 heteroatoms. The number of sulfonamides is 1. The molecule has 0 aliphatic carbocycles. The van der Waals surface area contributed by atoms with Crippen LogP contribution in [0, 0.1) is 6.92 Å². The van der Waals surface area contributed by atoms with Crippen LogP contribution in [0.5, 0.6) is 5.75 Å². The largest absolute Gasteiger partial charge is 0.545 e. The normalized spacial score (nSPS) is 10.9. The van der Waals surface area contributed by atoms with Crippen LogP contribution in [-0.4, -0.2) is 27.4 Å². The van der Waals surface area contributed by atoms with Crippen molar-refractivity contribution in [3.05, 3.63) is 83.4 Å². The second-order valence-corrected chi connectivity index (χ2v) is 8.25. The van der Waals surface area contributed by atoms with Crippen molar-refractivity contribution in [2.24, 2.45) is 0 Å². The van der Waals surface area contributed by atoms with Gasteiger partial charge in [0, 0.05) is 16.8 Å². The molecular weight excluding hydrogens is 420 g/mol. The fourth-order valence-electron chi connectivity index (χ4n) is 2.86. The summed E-state index contributed by atoms with van der Waals surface area (Å²) in [5.74, 6) is -1.52. The van der Waals surface area contributed by atoms with Gasteiger partial charge in [-0.05, 0) is 55.0 Å². The molecule has 0 atom stereocenters. The molecule has 0 aliphatic heterocycles. The third-order valence-corrected chi connectivity index (χ3v) is 6.00. The molecule has 1 amide bonds. The third kappa shape index (κ3) is 5.01. The predicted octanol–water partition coefficient (Wildman–Crippen LogP) is 2.42. The van der Waals surface area contributed by atoms with E-state index < -0.39 is 21.9 Å². The van der Waals surface area contributed by atoms with Crippen molar-refractivity contribution in [2.45, 2.75) is 11.8 Å². The van der Waals surface area contributed by atoms with Gasteiger partial charge in [-0.15, -0.1) is 0 Å². The number of rotatable bonds is 7. The second-order valence-electron chi connectivity index (χ2n) is 6.60. The number of methoxy groups -OCH3 is 1. The number of carbonyl (C=O) groups excluding carboxylic acids is 2. The summed E-state index contributed by atoms with van der Waals surface area (Å²) in [6.07, 6.45) is 0. The van der Waals surface area contributed by atoms with Gasteiger partial charge in [-0.1, -0.05) is 24.3 Å². The average Bonchev–Trinajstić information content (AvgIpc) is 2.74. The summed E-state index contributed by atoms with van der Waals surface area (Å²) in [6, 6.07) is 16.3. The Labute approximate surface area is 179 Å². The van der Waals surface area contributed by atoms with E-state index >= 15 is 0 Å². The molecule has 0 unspecified atom stereocenters. The summed E-state index contributed by atoms with van der Waals surface area (Å²) in [7, 11) is -2.48. The van der Waals surface area contributed by atoms with Crippen LogP contribution in [0.1, 0.15) is 26.3 Å². The summed E-state index contributed by atoms with van der Waals surface area (Å²) in [5.41, 5.74) is 0.685. The number of hydrogen-bond acceptors (Lipinski definition) is 6. The Morgan fingerprint density at radius 2 is 1.65 bits per heavy atom. The van der Waals surface area contributed by atoms with Gasteiger partial charge in [0.1, 0.15) is 5.75 Å². The van der Waals surface area contributed by atoms with Crippen molar-refractivity contribution in [1.82, 2.24) is 0 Å². The number of amides is 1. The number of aryl methyl sites for hydroxylation is 1. The molecule has 0 aliphatic rings. The SMILES string of the molecule is COc1ccc(NS(=O)(=O)c2cc(C(=O)Nc3ccccc3C(=O)[O-])ccc2C)cc1. The first-order valence-electron chi connectivity index (χ1n) is 9.10. The number of ether oxygens (including phenoxy) is 1. The van der Waals surface area contributed by atoms with Crippen molar-refractivity contribution in [1.29, 1.82) is 0 Å². The van der Waals surface area contributed by atoms with Gasteiger partial charge in [-0.2, -0.15) is 0 Å². The Hall–Kier alpha value is -3.85. The Bertz CT molecular complexity index is 1240. The first kappa shape index (κ1) is 21.8. The predicted molar refractivity (Wildman–Crippen MR) is 114 cm³/mol. The number of para-hydroxylation sites is 1. The van der Waals surface area contributed by atoms with Gasteiger partial charge in [-0.25, -0.2) is 8.42 Å².